The molecular weight excluding hydrogens is 221 g/mol. The van der Waals surface area contributed by atoms with Crippen LogP contribution in [0.2, 0.25) is 0 Å². The average Bonchev–Trinajstić information content (AvgIpc) is 2.09. The van der Waals surface area contributed by atoms with Gasteiger partial charge in [-0.1, -0.05) is 22.0 Å². The minimum atomic E-state index is -0.384. The molecule has 0 spiro atoms. The Morgan fingerprint density at radius 1 is 1.50 bits per heavy atom. The SMILES string of the molecule is N#Cc1ccc(/C=C/Br)c(F)c1. The van der Waals surface area contributed by atoms with Gasteiger partial charge in [0.25, 0.3) is 0 Å². The topological polar surface area (TPSA) is 23.8 Å². The van der Waals surface area contributed by atoms with E-state index in [0.29, 0.717) is 11.1 Å². The maximum Gasteiger partial charge on any atom is 0.131 e. The maximum absolute atomic E-state index is 13.0. The highest BCUT2D eigenvalue weighted by Crippen LogP contribution is 2.11. The lowest BCUT2D eigenvalue weighted by Crippen LogP contribution is -1.83. The molecule has 3 heteroatoms. The third kappa shape index (κ3) is 1.93. The van der Waals surface area contributed by atoms with Crippen molar-refractivity contribution in [2.75, 3.05) is 0 Å². The molecule has 1 aromatic rings. The molecule has 0 N–H and O–H groups in total. The molecule has 12 heavy (non-hydrogen) atoms. The third-order valence-corrected chi connectivity index (χ3v) is 1.64. The molecule has 0 saturated heterocycles. The Hall–Kier alpha value is -1.14. The summed E-state index contributed by atoms with van der Waals surface area (Å²) < 4.78 is 13.0. The van der Waals surface area contributed by atoms with Gasteiger partial charge in [-0.05, 0) is 23.2 Å². The molecule has 0 unspecified atom stereocenters. The first-order valence-electron chi connectivity index (χ1n) is 3.24. The molecule has 60 valence electrons. The van der Waals surface area contributed by atoms with Crippen LogP contribution in [-0.2, 0) is 0 Å². The minimum absolute atomic E-state index is 0.333. The molecule has 0 radical (unpaired) electrons. The molecule has 1 rings (SSSR count). The Labute approximate surface area is 78.3 Å². The first-order valence-corrected chi connectivity index (χ1v) is 4.16. The fraction of sp³-hybridized carbons (Fsp3) is 0. The van der Waals surface area contributed by atoms with E-state index in [1.54, 1.807) is 23.2 Å². The number of nitriles is 1. The summed E-state index contributed by atoms with van der Waals surface area (Å²) in [4.78, 5) is 1.57. The van der Waals surface area contributed by atoms with Crippen LogP contribution in [0.5, 0.6) is 0 Å². The van der Waals surface area contributed by atoms with Crippen LogP contribution in [0.15, 0.2) is 23.2 Å². The second kappa shape index (κ2) is 4.03. The zero-order chi connectivity index (χ0) is 8.97. The van der Waals surface area contributed by atoms with E-state index in [1.165, 1.54) is 6.07 Å². The summed E-state index contributed by atoms with van der Waals surface area (Å²) >= 11 is 3.04. The van der Waals surface area contributed by atoms with Gasteiger partial charge < -0.3 is 0 Å². The van der Waals surface area contributed by atoms with Gasteiger partial charge in [0.05, 0.1) is 11.6 Å². The lowest BCUT2D eigenvalue weighted by molar-refractivity contribution is 0.624. The van der Waals surface area contributed by atoms with E-state index < -0.39 is 0 Å². The van der Waals surface area contributed by atoms with Gasteiger partial charge in [-0.25, -0.2) is 4.39 Å². The fourth-order valence-electron chi connectivity index (χ4n) is 0.800. The Kier molecular flexibility index (Phi) is 3.01. The molecule has 0 saturated carbocycles. The highest BCUT2D eigenvalue weighted by Gasteiger charge is 1.98. The van der Waals surface area contributed by atoms with Gasteiger partial charge >= 0.3 is 0 Å². The Balaban J connectivity index is 3.14. The lowest BCUT2D eigenvalue weighted by atomic mass is 10.1. The van der Waals surface area contributed by atoms with Gasteiger partial charge in [0.1, 0.15) is 5.82 Å². The highest BCUT2D eigenvalue weighted by atomic mass is 79.9. The largest absolute Gasteiger partial charge is 0.206 e. The number of rotatable bonds is 1. The fourth-order valence-corrected chi connectivity index (χ4v) is 1.08. The molecule has 0 heterocycles. The lowest BCUT2D eigenvalue weighted by Gasteiger charge is -1.95. The van der Waals surface area contributed by atoms with E-state index in [0.717, 1.165) is 0 Å². The molecule has 0 aliphatic carbocycles. The number of nitrogens with zero attached hydrogens (tertiary/aromatic N) is 1. The summed E-state index contributed by atoms with van der Waals surface area (Å²) in [5, 5.41) is 8.44. The predicted molar refractivity (Wildman–Crippen MR) is 49.1 cm³/mol. The first-order chi connectivity index (χ1) is 5.77. The Bertz CT molecular complexity index is 352. The minimum Gasteiger partial charge on any atom is -0.206 e. The molecule has 0 aromatic heterocycles. The van der Waals surface area contributed by atoms with Crippen molar-refractivity contribution in [3.63, 3.8) is 0 Å². The monoisotopic (exact) mass is 225 g/mol. The molecule has 1 nitrogen and oxygen atoms in total. The van der Waals surface area contributed by atoms with Gasteiger partial charge in [-0.3, -0.25) is 0 Å². The Morgan fingerprint density at radius 2 is 2.25 bits per heavy atom. The van der Waals surface area contributed by atoms with Crippen molar-refractivity contribution in [1.29, 1.82) is 5.26 Å². The molecule has 0 atom stereocenters. The van der Waals surface area contributed by atoms with Crippen molar-refractivity contribution >= 4 is 22.0 Å². The maximum atomic E-state index is 13.0. The van der Waals surface area contributed by atoms with E-state index >= 15 is 0 Å². The van der Waals surface area contributed by atoms with Crippen LogP contribution in [-0.4, -0.2) is 0 Å². The van der Waals surface area contributed by atoms with E-state index in [2.05, 4.69) is 15.9 Å². The van der Waals surface area contributed by atoms with E-state index in [-0.39, 0.29) is 5.82 Å². The average molecular weight is 226 g/mol. The highest BCUT2D eigenvalue weighted by molar-refractivity contribution is 9.11. The molecule has 0 bridgehead atoms. The summed E-state index contributed by atoms with van der Waals surface area (Å²) in [6, 6.07) is 6.21. The van der Waals surface area contributed by atoms with Crippen molar-refractivity contribution in [2.45, 2.75) is 0 Å². The van der Waals surface area contributed by atoms with E-state index in [4.69, 9.17) is 5.26 Å². The van der Waals surface area contributed by atoms with Crippen LogP contribution < -0.4 is 0 Å². The number of halogens is 2. The molecule has 1 aromatic carbocycles. The van der Waals surface area contributed by atoms with E-state index in [1.807, 2.05) is 6.07 Å². The second-order valence-corrected chi connectivity index (χ2v) is 2.67. The molecule has 0 amide bonds. The Morgan fingerprint density at radius 3 is 2.75 bits per heavy atom. The van der Waals surface area contributed by atoms with Crippen molar-refractivity contribution in [1.82, 2.24) is 0 Å². The number of benzene rings is 1. The van der Waals surface area contributed by atoms with Gasteiger partial charge in [-0.2, -0.15) is 5.26 Å². The van der Waals surface area contributed by atoms with Crippen molar-refractivity contribution in [2.24, 2.45) is 0 Å². The predicted octanol–water partition coefficient (Wildman–Crippen LogP) is 3.06. The number of hydrogen-bond donors (Lipinski definition) is 0. The summed E-state index contributed by atoms with van der Waals surface area (Å²) in [7, 11) is 0. The summed E-state index contributed by atoms with van der Waals surface area (Å²) in [5.41, 5.74) is 0.796. The van der Waals surface area contributed by atoms with Crippen molar-refractivity contribution in [3.8, 4) is 6.07 Å². The third-order valence-electron chi connectivity index (χ3n) is 1.37. The zero-order valence-corrected chi connectivity index (χ0v) is 7.68. The summed E-state index contributed by atoms with van der Waals surface area (Å²) in [6.07, 6.45) is 1.58. The number of hydrogen-bond acceptors (Lipinski definition) is 1. The van der Waals surface area contributed by atoms with Crippen LogP contribution in [0.3, 0.4) is 0 Å². The van der Waals surface area contributed by atoms with Gasteiger partial charge in [-0.15, -0.1) is 0 Å². The van der Waals surface area contributed by atoms with Gasteiger partial charge in [0, 0.05) is 5.56 Å². The normalized spacial score (nSPS) is 10.1. The second-order valence-electron chi connectivity index (χ2n) is 2.14. The summed E-state index contributed by atoms with van der Waals surface area (Å²) in [5.74, 6) is -0.384. The van der Waals surface area contributed by atoms with Crippen LogP contribution in [0.25, 0.3) is 6.08 Å². The van der Waals surface area contributed by atoms with Crippen LogP contribution >= 0.6 is 15.9 Å². The molecule has 0 aliphatic heterocycles. The smallest absolute Gasteiger partial charge is 0.131 e. The quantitative estimate of drug-likeness (QED) is 0.721. The van der Waals surface area contributed by atoms with Crippen LogP contribution in [0.1, 0.15) is 11.1 Å². The van der Waals surface area contributed by atoms with Crippen LogP contribution in [0.4, 0.5) is 4.39 Å². The van der Waals surface area contributed by atoms with E-state index in [9.17, 15) is 4.39 Å². The summed E-state index contributed by atoms with van der Waals surface area (Å²) in [6.45, 7) is 0. The van der Waals surface area contributed by atoms with Crippen molar-refractivity contribution in [3.05, 3.63) is 40.1 Å². The van der Waals surface area contributed by atoms with Gasteiger partial charge in [0.15, 0.2) is 0 Å². The van der Waals surface area contributed by atoms with Gasteiger partial charge in [0.2, 0.25) is 0 Å². The molecule has 0 aliphatic rings. The zero-order valence-electron chi connectivity index (χ0n) is 6.09. The van der Waals surface area contributed by atoms with Crippen LogP contribution in [0, 0.1) is 17.1 Å². The molecular formula is C9H5BrFN. The molecule has 0 fully saturated rings. The standard InChI is InChI=1S/C9H5BrFN/c10-4-3-8-2-1-7(6-12)5-9(8)11/h1-5H/b4-3+. The van der Waals surface area contributed by atoms with Crippen molar-refractivity contribution < 1.29 is 4.39 Å². The first kappa shape index (κ1) is 8.95.